The maximum atomic E-state index is 5.52. The first-order valence-electron chi connectivity index (χ1n) is 5.57. The smallest absolute Gasteiger partial charge is 0.0623 e. The zero-order valence-electron chi connectivity index (χ0n) is 10.8. The molecular formula is C11H27N3O. The molecule has 15 heavy (non-hydrogen) atoms. The first-order valence-corrected chi connectivity index (χ1v) is 5.57. The van der Waals surface area contributed by atoms with Gasteiger partial charge in [-0.1, -0.05) is 0 Å². The molecule has 0 aromatic carbocycles. The molecule has 0 saturated carbocycles. The van der Waals surface area contributed by atoms with Gasteiger partial charge in [-0.05, 0) is 53.8 Å². The van der Waals surface area contributed by atoms with Gasteiger partial charge in [-0.2, -0.15) is 0 Å². The van der Waals surface area contributed by atoms with Crippen LogP contribution >= 0.6 is 0 Å². The van der Waals surface area contributed by atoms with E-state index < -0.39 is 0 Å². The fourth-order valence-corrected chi connectivity index (χ4v) is 1.35. The predicted octanol–water partition coefficient (Wildman–Crippen LogP) is 0.975. The zero-order valence-corrected chi connectivity index (χ0v) is 10.8. The fourth-order valence-electron chi connectivity index (χ4n) is 1.35. The van der Waals surface area contributed by atoms with Gasteiger partial charge >= 0.3 is 0 Å². The van der Waals surface area contributed by atoms with Crippen LogP contribution < -0.4 is 11.3 Å². The minimum Gasteiger partial charge on any atom is -0.379 e. The molecule has 0 bridgehead atoms. The second kappa shape index (κ2) is 7.17. The average molecular weight is 217 g/mol. The maximum absolute atomic E-state index is 5.52. The normalized spacial score (nSPS) is 14.6. The van der Waals surface area contributed by atoms with Gasteiger partial charge in [-0.25, -0.2) is 0 Å². The first-order chi connectivity index (χ1) is 6.91. The van der Waals surface area contributed by atoms with E-state index in [0.29, 0.717) is 6.04 Å². The number of ether oxygens (including phenoxy) is 1. The van der Waals surface area contributed by atoms with Crippen LogP contribution in [-0.4, -0.2) is 44.3 Å². The summed E-state index contributed by atoms with van der Waals surface area (Å²) in [4.78, 5) is 2.17. The summed E-state index contributed by atoms with van der Waals surface area (Å²) in [6.45, 7) is 5.27. The van der Waals surface area contributed by atoms with E-state index in [1.807, 2.05) is 0 Å². The van der Waals surface area contributed by atoms with Crippen LogP contribution in [-0.2, 0) is 4.74 Å². The molecule has 0 spiro atoms. The number of nitrogens with one attached hydrogen (secondary N) is 1. The minimum absolute atomic E-state index is 0.0484. The van der Waals surface area contributed by atoms with Gasteiger partial charge in [-0.3, -0.25) is 11.3 Å². The lowest BCUT2D eigenvalue weighted by molar-refractivity contribution is 0.0114. The molecule has 0 aromatic rings. The summed E-state index contributed by atoms with van der Waals surface area (Å²) >= 11 is 0. The van der Waals surface area contributed by atoms with Crippen molar-refractivity contribution in [3.05, 3.63) is 0 Å². The molecule has 1 unspecified atom stereocenters. The van der Waals surface area contributed by atoms with Crippen LogP contribution in [0.2, 0.25) is 0 Å². The Kier molecular flexibility index (Phi) is 7.09. The van der Waals surface area contributed by atoms with Crippen molar-refractivity contribution < 1.29 is 4.74 Å². The molecule has 1 atom stereocenters. The largest absolute Gasteiger partial charge is 0.379 e. The summed E-state index contributed by atoms with van der Waals surface area (Å²) in [5, 5.41) is 0. The topological polar surface area (TPSA) is 50.5 Å². The van der Waals surface area contributed by atoms with Crippen molar-refractivity contribution >= 4 is 0 Å². The molecule has 0 rings (SSSR count). The zero-order chi connectivity index (χ0) is 11.9. The van der Waals surface area contributed by atoms with Crippen molar-refractivity contribution in [1.29, 1.82) is 0 Å². The van der Waals surface area contributed by atoms with E-state index >= 15 is 0 Å². The Hall–Kier alpha value is -0.160. The third kappa shape index (κ3) is 7.73. The van der Waals surface area contributed by atoms with E-state index in [0.717, 1.165) is 25.8 Å². The quantitative estimate of drug-likeness (QED) is 0.470. The molecule has 0 aromatic heterocycles. The standard InChI is InChI=1S/C11H27N3O/c1-11(2,15-5)8-6-10(13-12)7-9-14(3)4/h10,13H,6-9,12H2,1-5H3. The van der Waals surface area contributed by atoms with E-state index in [-0.39, 0.29) is 5.60 Å². The maximum Gasteiger partial charge on any atom is 0.0623 e. The summed E-state index contributed by atoms with van der Waals surface area (Å²) < 4.78 is 5.38. The summed E-state index contributed by atoms with van der Waals surface area (Å²) in [6, 6.07) is 0.377. The Labute approximate surface area is 94.1 Å². The molecule has 4 nitrogen and oxygen atoms in total. The van der Waals surface area contributed by atoms with Crippen molar-refractivity contribution in [2.45, 2.75) is 44.8 Å². The summed E-state index contributed by atoms with van der Waals surface area (Å²) in [5.74, 6) is 5.52. The second-order valence-electron chi connectivity index (χ2n) is 4.96. The van der Waals surface area contributed by atoms with Gasteiger partial charge in [0.2, 0.25) is 0 Å². The number of rotatable bonds is 8. The Morgan fingerprint density at radius 3 is 2.33 bits per heavy atom. The van der Waals surface area contributed by atoms with Gasteiger partial charge in [0.1, 0.15) is 0 Å². The molecule has 0 aliphatic heterocycles. The van der Waals surface area contributed by atoms with Gasteiger partial charge in [0.25, 0.3) is 0 Å². The van der Waals surface area contributed by atoms with Crippen LogP contribution in [0.3, 0.4) is 0 Å². The lowest BCUT2D eigenvalue weighted by Crippen LogP contribution is -2.39. The molecule has 0 aliphatic rings. The molecule has 0 radical (unpaired) electrons. The van der Waals surface area contributed by atoms with Crippen LogP contribution in [0.15, 0.2) is 0 Å². The van der Waals surface area contributed by atoms with E-state index in [1.54, 1.807) is 7.11 Å². The Morgan fingerprint density at radius 2 is 1.93 bits per heavy atom. The lowest BCUT2D eigenvalue weighted by atomic mass is 9.97. The van der Waals surface area contributed by atoms with Gasteiger partial charge in [-0.15, -0.1) is 0 Å². The van der Waals surface area contributed by atoms with Gasteiger partial charge in [0, 0.05) is 13.2 Å². The summed E-state index contributed by atoms with van der Waals surface area (Å²) in [7, 11) is 5.91. The fraction of sp³-hybridized carbons (Fsp3) is 1.00. The highest BCUT2D eigenvalue weighted by atomic mass is 16.5. The number of hydrazine groups is 1. The van der Waals surface area contributed by atoms with E-state index in [9.17, 15) is 0 Å². The van der Waals surface area contributed by atoms with Gasteiger partial charge < -0.3 is 9.64 Å². The minimum atomic E-state index is -0.0484. The average Bonchev–Trinajstić information content (AvgIpc) is 2.18. The van der Waals surface area contributed by atoms with Crippen molar-refractivity contribution in [3.63, 3.8) is 0 Å². The van der Waals surface area contributed by atoms with E-state index in [4.69, 9.17) is 10.6 Å². The van der Waals surface area contributed by atoms with Crippen LogP contribution in [0.4, 0.5) is 0 Å². The van der Waals surface area contributed by atoms with Crippen LogP contribution in [0.25, 0.3) is 0 Å². The SMILES string of the molecule is COC(C)(C)CCC(CCN(C)C)NN. The molecule has 0 fully saturated rings. The van der Waals surface area contributed by atoms with Crippen molar-refractivity contribution in [1.82, 2.24) is 10.3 Å². The van der Waals surface area contributed by atoms with Gasteiger partial charge in [0.15, 0.2) is 0 Å². The molecule has 0 heterocycles. The second-order valence-corrected chi connectivity index (χ2v) is 4.96. The van der Waals surface area contributed by atoms with Crippen LogP contribution in [0.5, 0.6) is 0 Å². The van der Waals surface area contributed by atoms with E-state index in [2.05, 4.69) is 38.3 Å². The van der Waals surface area contributed by atoms with Crippen LogP contribution in [0, 0.1) is 0 Å². The number of nitrogens with zero attached hydrogens (tertiary/aromatic N) is 1. The highest BCUT2D eigenvalue weighted by molar-refractivity contribution is 4.73. The molecular weight excluding hydrogens is 190 g/mol. The summed E-state index contributed by atoms with van der Waals surface area (Å²) in [6.07, 6.45) is 3.14. The van der Waals surface area contributed by atoms with Crippen molar-refractivity contribution in [2.75, 3.05) is 27.7 Å². The number of hydrogen-bond donors (Lipinski definition) is 2. The molecule has 3 N–H and O–H groups in total. The first kappa shape index (κ1) is 14.8. The predicted molar refractivity (Wildman–Crippen MR) is 64.6 cm³/mol. The number of methoxy groups -OCH3 is 1. The van der Waals surface area contributed by atoms with Crippen molar-refractivity contribution in [3.8, 4) is 0 Å². The number of nitrogens with two attached hydrogens (primary N) is 1. The molecule has 0 amide bonds. The Balaban J connectivity index is 3.79. The van der Waals surface area contributed by atoms with Crippen LogP contribution in [0.1, 0.15) is 33.1 Å². The molecule has 4 heteroatoms. The Bertz CT molecular complexity index is 160. The highest BCUT2D eigenvalue weighted by Gasteiger charge is 2.18. The Morgan fingerprint density at radius 1 is 1.33 bits per heavy atom. The van der Waals surface area contributed by atoms with E-state index in [1.165, 1.54) is 0 Å². The third-order valence-electron chi connectivity index (χ3n) is 2.81. The van der Waals surface area contributed by atoms with Gasteiger partial charge in [0.05, 0.1) is 5.60 Å². The number of hydrogen-bond acceptors (Lipinski definition) is 4. The third-order valence-corrected chi connectivity index (χ3v) is 2.81. The highest BCUT2D eigenvalue weighted by Crippen LogP contribution is 2.17. The summed E-state index contributed by atoms with van der Waals surface area (Å²) in [5.41, 5.74) is 2.82. The molecule has 0 aliphatic carbocycles. The molecule has 92 valence electrons. The van der Waals surface area contributed by atoms with Crippen molar-refractivity contribution in [2.24, 2.45) is 5.84 Å². The monoisotopic (exact) mass is 217 g/mol. The molecule has 0 saturated heterocycles. The lowest BCUT2D eigenvalue weighted by Gasteiger charge is -2.26.